The Labute approximate surface area is 203 Å². The normalized spacial score (nSPS) is 16.1. The van der Waals surface area contributed by atoms with Gasteiger partial charge in [0.25, 0.3) is 0 Å². The third-order valence-corrected chi connectivity index (χ3v) is 6.65. The predicted molar refractivity (Wildman–Crippen MR) is 143 cm³/mol. The van der Waals surface area contributed by atoms with Crippen LogP contribution in [-0.4, -0.2) is 10.4 Å². The molecule has 0 spiro atoms. The van der Waals surface area contributed by atoms with Gasteiger partial charge in [-0.1, -0.05) is 59.4 Å². The number of pyridine rings is 1. The van der Waals surface area contributed by atoms with Crippen LogP contribution in [0, 0.1) is 5.41 Å². The summed E-state index contributed by atoms with van der Waals surface area (Å²) in [6.07, 6.45) is 10.4. The first-order valence-electron chi connectivity index (χ1n) is 12.2. The van der Waals surface area contributed by atoms with Crippen LogP contribution in [0.3, 0.4) is 0 Å². The standard InChI is InChI=1S/C30H38N2O2/c1-8-11-27(33)25-18-32-26(17-28(25)34)24-14-21(10-3)23(20(9-2)13-12-19(4)31)15-22(24)16-29(32)30(5,6)7/h9,12-15,17-18,29H,2,8,10-11,16,31H2,1,3-7H3/b19-12-,20-13+. The third kappa shape index (κ3) is 5.01. The highest BCUT2D eigenvalue weighted by molar-refractivity contribution is 5.96. The summed E-state index contributed by atoms with van der Waals surface area (Å²) >= 11 is 0. The molecule has 1 aromatic carbocycles. The Kier molecular flexibility index (Phi) is 7.50. The zero-order valence-electron chi connectivity index (χ0n) is 21.5. The van der Waals surface area contributed by atoms with Crippen LogP contribution < -0.4 is 11.2 Å². The SMILES string of the molecule is C=C/C(=C\C=C(\C)N)c1cc2c(cc1CC)-c1cc(=O)c(C(=O)CCC)cn1C(C(C)(C)C)C2. The number of benzene rings is 1. The monoisotopic (exact) mass is 458 g/mol. The van der Waals surface area contributed by atoms with Crippen molar-refractivity contribution in [1.82, 2.24) is 4.57 Å². The van der Waals surface area contributed by atoms with Crippen LogP contribution in [-0.2, 0) is 12.8 Å². The lowest BCUT2D eigenvalue weighted by molar-refractivity contribution is 0.0979. The van der Waals surface area contributed by atoms with E-state index in [4.69, 9.17) is 5.73 Å². The summed E-state index contributed by atoms with van der Waals surface area (Å²) < 4.78 is 2.18. The first-order valence-corrected chi connectivity index (χ1v) is 12.2. The molecule has 0 radical (unpaired) electrons. The molecule has 0 aliphatic carbocycles. The van der Waals surface area contributed by atoms with Gasteiger partial charge in [0.05, 0.1) is 11.3 Å². The molecule has 34 heavy (non-hydrogen) atoms. The summed E-state index contributed by atoms with van der Waals surface area (Å²) in [7, 11) is 0. The Hall–Kier alpha value is -3.14. The van der Waals surface area contributed by atoms with Crippen LogP contribution in [0.15, 0.2) is 59.7 Å². The van der Waals surface area contributed by atoms with E-state index in [9.17, 15) is 9.59 Å². The highest BCUT2D eigenvalue weighted by Crippen LogP contribution is 2.44. The molecule has 2 heterocycles. The van der Waals surface area contributed by atoms with Gasteiger partial charge in [0, 0.05) is 36.0 Å². The van der Waals surface area contributed by atoms with E-state index in [-0.39, 0.29) is 22.7 Å². The molecule has 4 heteroatoms. The van der Waals surface area contributed by atoms with E-state index >= 15 is 0 Å². The van der Waals surface area contributed by atoms with E-state index in [1.54, 1.807) is 6.07 Å². The minimum Gasteiger partial charge on any atom is -0.402 e. The van der Waals surface area contributed by atoms with E-state index in [1.807, 2.05) is 38.3 Å². The summed E-state index contributed by atoms with van der Waals surface area (Å²) in [5.41, 5.74) is 13.2. The first kappa shape index (κ1) is 25.5. The van der Waals surface area contributed by atoms with E-state index in [2.05, 4.69) is 51.0 Å². The van der Waals surface area contributed by atoms with Gasteiger partial charge in [-0.05, 0) is 66.0 Å². The van der Waals surface area contributed by atoms with Gasteiger partial charge in [-0.3, -0.25) is 9.59 Å². The zero-order chi connectivity index (χ0) is 25.2. The number of allylic oxidation sites excluding steroid dienone is 5. The number of fused-ring (bicyclic) bond motifs is 3. The number of nitrogens with zero attached hydrogens (tertiary/aromatic N) is 1. The molecule has 0 saturated heterocycles. The van der Waals surface area contributed by atoms with Crippen molar-refractivity contribution < 1.29 is 4.79 Å². The van der Waals surface area contributed by atoms with Crippen LogP contribution in [0.4, 0.5) is 0 Å². The zero-order valence-corrected chi connectivity index (χ0v) is 21.5. The fourth-order valence-electron chi connectivity index (χ4n) is 4.77. The minimum atomic E-state index is -0.192. The molecule has 1 unspecified atom stereocenters. The van der Waals surface area contributed by atoms with E-state index < -0.39 is 0 Å². The van der Waals surface area contributed by atoms with Crippen molar-refractivity contribution in [2.24, 2.45) is 11.1 Å². The van der Waals surface area contributed by atoms with Gasteiger partial charge in [0.1, 0.15) is 0 Å². The maximum atomic E-state index is 13.0. The van der Waals surface area contributed by atoms with Gasteiger partial charge >= 0.3 is 0 Å². The Morgan fingerprint density at radius 2 is 1.88 bits per heavy atom. The van der Waals surface area contributed by atoms with Crippen molar-refractivity contribution in [3.8, 4) is 11.3 Å². The molecule has 180 valence electrons. The molecule has 0 saturated carbocycles. The molecular formula is C30H38N2O2. The maximum Gasteiger partial charge on any atom is 0.192 e. The van der Waals surface area contributed by atoms with E-state index in [0.29, 0.717) is 12.0 Å². The average molecular weight is 459 g/mol. The van der Waals surface area contributed by atoms with Gasteiger partial charge in [0.15, 0.2) is 11.2 Å². The Morgan fingerprint density at radius 3 is 2.44 bits per heavy atom. The second-order valence-electron chi connectivity index (χ2n) is 10.4. The van der Waals surface area contributed by atoms with Crippen molar-refractivity contribution in [2.45, 2.75) is 73.3 Å². The van der Waals surface area contributed by atoms with Crippen LogP contribution in [0.1, 0.15) is 87.5 Å². The lowest BCUT2D eigenvalue weighted by Crippen LogP contribution is -2.33. The number of carbonyl (C=O) groups is 1. The topological polar surface area (TPSA) is 65.1 Å². The summed E-state index contributed by atoms with van der Waals surface area (Å²) in [4.78, 5) is 25.7. The molecule has 1 aromatic heterocycles. The number of aryl methyl sites for hydroxylation is 1. The van der Waals surface area contributed by atoms with E-state index in [1.165, 1.54) is 11.1 Å². The van der Waals surface area contributed by atoms with Crippen LogP contribution in [0.5, 0.6) is 0 Å². The van der Waals surface area contributed by atoms with Crippen molar-refractivity contribution in [2.75, 3.05) is 0 Å². The first-order chi connectivity index (χ1) is 16.0. The number of nitrogens with two attached hydrogens (primary N) is 1. The molecule has 1 aliphatic rings. The molecule has 0 amide bonds. The fraction of sp³-hybridized carbons (Fsp3) is 0.400. The number of ketones is 1. The molecule has 4 nitrogen and oxygen atoms in total. The van der Waals surface area contributed by atoms with Gasteiger partial charge < -0.3 is 10.3 Å². The summed E-state index contributed by atoms with van der Waals surface area (Å²) in [5, 5.41) is 0. The third-order valence-electron chi connectivity index (χ3n) is 6.65. The quantitative estimate of drug-likeness (QED) is 0.374. The van der Waals surface area contributed by atoms with Crippen LogP contribution in [0.25, 0.3) is 16.8 Å². The lowest BCUT2D eigenvalue weighted by Gasteiger charge is -2.39. The van der Waals surface area contributed by atoms with Gasteiger partial charge in [-0.25, -0.2) is 0 Å². The van der Waals surface area contributed by atoms with Crippen molar-refractivity contribution >= 4 is 11.4 Å². The van der Waals surface area contributed by atoms with Crippen molar-refractivity contribution in [1.29, 1.82) is 0 Å². The predicted octanol–water partition coefficient (Wildman–Crippen LogP) is 6.64. The molecule has 2 N–H and O–H groups in total. The Morgan fingerprint density at radius 1 is 1.18 bits per heavy atom. The second kappa shape index (κ2) is 10.0. The summed E-state index contributed by atoms with van der Waals surface area (Å²) in [6.45, 7) is 16.6. The van der Waals surface area contributed by atoms with Crippen LogP contribution >= 0.6 is 0 Å². The second-order valence-corrected chi connectivity index (χ2v) is 10.4. The Bertz CT molecular complexity index is 1230. The smallest absolute Gasteiger partial charge is 0.192 e. The largest absolute Gasteiger partial charge is 0.402 e. The van der Waals surface area contributed by atoms with E-state index in [0.717, 1.165) is 47.4 Å². The highest BCUT2D eigenvalue weighted by atomic mass is 16.1. The molecule has 0 fully saturated rings. The van der Waals surface area contributed by atoms with Crippen molar-refractivity contribution in [3.05, 3.63) is 87.4 Å². The molecule has 3 rings (SSSR count). The molecule has 2 aromatic rings. The molecule has 1 aliphatic heterocycles. The Balaban J connectivity index is 2.30. The number of hydrogen-bond acceptors (Lipinski definition) is 3. The minimum absolute atomic E-state index is 0.0628. The summed E-state index contributed by atoms with van der Waals surface area (Å²) in [6, 6.07) is 6.25. The van der Waals surface area contributed by atoms with Gasteiger partial charge in [-0.15, -0.1) is 0 Å². The molecule has 1 atom stereocenters. The number of Topliss-reactive ketones (excluding diaryl/α,β-unsaturated/α-hetero) is 1. The summed E-state index contributed by atoms with van der Waals surface area (Å²) in [5.74, 6) is -0.0742. The lowest BCUT2D eigenvalue weighted by atomic mass is 9.77. The number of carbonyl (C=O) groups excluding carboxylic acids is 1. The number of aromatic nitrogens is 1. The number of rotatable bonds is 7. The molecular weight excluding hydrogens is 420 g/mol. The van der Waals surface area contributed by atoms with Gasteiger partial charge in [-0.2, -0.15) is 0 Å². The van der Waals surface area contributed by atoms with Crippen molar-refractivity contribution in [3.63, 3.8) is 0 Å². The van der Waals surface area contributed by atoms with Gasteiger partial charge in [0.2, 0.25) is 0 Å². The maximum absolute atomic E-state index is 13.0. The fourth-order valence-corrected chi connectivity index (χ4v) is 4.77. The number of hydrogen-bond donors (Lipinski definition) is 1. The molecule has 0 bridgehead atoms. The average Bonchev–Trinajstić information content (AvgIpc) is 2.77. The highest BCUT2D eigenvalue weighted by Gasteiger charge is 2.34. The van der Waals surface area contributed by atoms with Crippen LogP contribution in [0.2, 0.25) is 0 Å².